The highest BCUT2D eigenvalue weighted by Crippen LogP contribution is 2.27. The number of para-hydroxylation sites is 1. The van der Waals surface area contributed by atoms with Crippen LogP contribution in [0.2, 0.25) is 0 Å². The van der Waals surface area contributed by atoms with Gasteiger partial charge in [-0.1, -0.05) is 35.9 Å². The van der Waals surface area contributed by atoms with Crippen LogP contribution in [0.25, 0.3) is 11.0 Å². The number of furan rings is 1. The Kier molecular flexibility index (Phi) is 6.48. The van der Waals surface area contributed by atoms with E-state index in [1.165, 1.54) is 7.11 Å². The van der Waals surface area contributed by atoms with Crippen LogP contribution in [-0.2, 0) is 20.9 Å². The van der Waals surface area contributed by atoms with Gasteiger partial charge in [-0.25, -0.2) is 9.59 Å². The van der Waals surface area contributed by atoms with Crippen LogP contribution in [0.3, 0.4) is 0 Å². The van der Waals surface area contributed by atoms with E-state index in [1.807, 2.05) is 32.0 Å². The van der Waals surface area contributed by atoms with Crippen molar-refractivity contribution in [3.63, 3.8) is 0 Å². The third-order valence-corrected chi connectivity index (χ3v) is 4.39. The van der Waals surface area contributed by atoms with Crippen molar-refractivity contribution in [2.75, 3.05) is 19.0 Å². The van der Waals surface area contributed by atoms with Crippen molar-refractivity contribution in [3.05, 3.63) is 64.9 Å². The maximum absolute atomic E-state index is 12.4. The second kappa shape index (κ2) is 9.23. The summed E-state index contributed by atoms with van der Waals surface area (Å²) in [5.74, 6) is -1.62. The van der Waals surface area contributed by atoms with E-state index in [0.717, 1.165) is 16.5 Å². The number of imide groups is 1. The number of nitrogens with one attached hydrogen (secondary N) is 2. The lowest BCUT2D eigenvalue weighted by atomic mass is 10.1. The van der Waals surface area contributed by atoms with Crippen LogP contribution in [-0.4, -0.2) is 31.6 Å². The van der Waals surface area contributed by atoms with Gasteiger partial charge in [0.15, 0.2) is 6.61 Å². The molecular weight excluding hydrogens is 388 g/mol. The molecule has 0 radical (unpaired) electrons. The van der Waals surface area contributed by atoms with E-state index >= 15 is 0 Å². The van der Waals surface area contributed by atoms with Crippen LogP contribution in [0.4, 0.5) is 10.5 Å². The second-order valence-corrected chi connectivity index (χ2v) is 6.74. The number of esters is 1. The Hall–Kier alpha value is -3.65. The molecule has 0 saturated carbocycles. The Morgan fingerprint density at radius 3 is 2.57 bits per heavy atom. The molecule has 0 aliphatic heterocycles. The number of amides is 3. The van der Waals surface area contributed by atoms with Gasteiger partial charge < -0.3 is 19.2 Å². The maximum atomic E-state index is 12.4. The third-order valence-electron chi connectivity index (χ3n) is 4.39. The van der Waals surface area contributed by atoms with Gasteiger partial charge >= 0.3 is 12.0 Å². The van der Waals surface area contributed by atoms with E-state index in [0.29, 0.717) is 16.8 Å². The second-order valence-electron chi connectivity index (χ2n) is 6.74. The number of hydrogen-bond donors (Lipinski definition) is 2. The lowest BCUT2D eigenvalue weighted by Crippen LogP contribution is -2.37. The quantitative estimate of drug-likeness (QED) is 0.600. The summed E-state index contributed by atoms with van der Waals surface area (Å²) in [7, 11) is 1.50. The Morgan fingerprint density at radius 2 is 1.83 bits per heavy atom. The summed E-state index contributed by atoms with van der Waals surface area (Å²) in [5, 5.41) is 5.43. The van der Waals surface area contributed by atoms with E-state index in [9.17, 15) is 14.4 Å². The molecule has 2 aromatic carbocycles. The predicted octanol–water partition coefficient (Wildman–Crippen LogP) is 3.70. The minimum absolute atomic E-state index is 0.0365. The lowest BCUT2D eigenvalue weighted by molar-refractivity contribution is -0.123. The molecule has 0 spiro atoms. The molecule has 1 heterocycles. The topological polar surface area (TPSA) is 107 Å². The average molecular weight is 410 g/mol. The number of methoxy groups -OCH3 is 1. The Balaban J connectivity index is 1.59. The van der Waals surface area contributed by atoms with E-state index in [4.69, 9.17) is 13.9 Å². The monoisotopic (exact) mass is 410 g/mol. The normalized spacial score (nSPS) is 10.6. The standard InChI is InChI=1S/C22H22N2O6/c1-13-8-9-17(14(2)10-13)23-22(27)24-19(25)12-29-21(26)20-16(11-28-3)15-6-4-5-7-18(15)30-20/h4-10H,11-12H2,1-3H3,(H2,23,24,25,27). The molecule has 1 aromatic heterocycles. The van der Waals surface area contributed by atoms with Crippen LogP contribution in [0.5, 0.6) is 0 Å². The number of carbonyl (C=O) groups excluding carboxylic acids is 3. The van der Waals surface area contributed by atoms with E-state index in [2.05, 4.69) is 10.6 Å². The minimum Gasteiger partial charge on any atom is -0.450 e. The maximum Gasteiger partial charge on any atom is 0.375 e. The van der Waals surface area contributed by atoms with Crippen molar-refractivity contribution >= 4 is 34.6 Å². The number of rotatable bonds is 6. The average Bonchev–Trinajstić information content (AvgIpc) is 3.07. The zero-order chi connectivity index (χ0) is 21.7. The van der Waals surface area contributed by atoms with Crippen molar-refractivity contribution in [1.82, 2.24) is 5.32 Å². The minimum atomic E-state index is -0.816. The van der Waals surface area contributed by atoms with Crippen LogP contribution in [0.15, 0.2) is 46.9 Å². The number of carbonyl (C=O) groups is 3. The molecule has 156 valence electrons. The van der Waals surface area contributed by atoms with Crippen LogP contribution in [0.1, 0.15) is 27.2 Å². The zero-order valence-electron chi connectivity index (χ0n) is 16.9. The first kappa shape index (κ1) is 21.1. The first-order valence-electron chi connectivity index (χ1n) is 9.23. The lowest BCUT2D eigenvalue weighted by Gasteiger charge is -2.10. The van der Waals surface area contributed by atoms with Gasteiger partial charge in [-0.15, -0.1) is 0 Å². The summed E-state index contributed by atoms with van der Waals surface area (Å²) < 4.78 is 15.7. The number of anilines is 1. The van der Waals surface area contributed by atoms with Gasteiger partial charge in [-0.3, -0.25) is 10.1 Å². The van der Waals surface area contributed by atoms with Crippen molar-refractivity contribution < 1.29 is 28.3 Å². The Bertz CT molecular complexity index is 1100. The highest BCUT2D eigenvalue weighted by Gasteiger charge is 2.22. The molecular formula is C22H22N2O6. The van der Waals surface area contributed by atoms with Gasteiger partial charge in [0.1, 0.15) is 5.58 Å². The molecule has 3 rings (SSSR count). The van der Waals surface area contributed by atoms with Gasteiger partial charge in [0, 0.05) is 23.7 Å². The zero-order valence-corrected chi connectivity index (χ0v) is 16.9. The molecule has 8 heteroatoms. The highest BCUT2D eigenvalue weighted by atomic mass is 16.5. The Morgan fingerprint density at radius 1 is 1.07 bits per heavy atom. The van der Waals surface area contributed by atoms with E-state index in [-0.39, 0.29) is 12.4 Å². The molecule has 0 saturated heterocycles. The SMILES string of the molecule is COCc1c(C(=O)OCC(=O)NC(=O)Nc2ccc(C)cc2C)oc2ccccc12. The molecule has 8 nitrogen and oxygen atoms in total. The molecule has 3 aromatic rings. The molecule has 0 atom stereocenters. The summed E-state index contributed by atoms with van der Waals surface area (Å²) in [6.07, 6.45) is 0. The third kappa shape index (κ3) is 4.84. The van der Waals surface area contributed by atoms with Crippen LogP contribution in [0, 0.1) is 13.8 Å². The summed E-state index contributed by atoms with van der Waals surface area (Å²) in [6.45, 7) is 3.29. The largest absolute Gasteiger partial charge is 0.450 e. The molecule has 0 unspecified atom stereocenters. The number of hydrogen-bond acceptors (Lipinski definition) is 6. The fraction of sp³-hybridized carbons (Fsp3) is 0.227. The van der Waals surface area contributed by atoms with Gasteiger partial charge in [0.05, 0.1) is 6.61 Å². The molecule has 0 bridgehead atoms. The van der Waals surface area contributed by atoms with Crippen LogP contribution < -0.4 is 10.6 Å². The summed E-state index contributed by atoms with van der Waals surface area (Å²) in [6, 6.07) is 11.9. The fourth-order valence-electron chi connectivity index (χ4n) is 3.02. The number of aryl methyl sites for hydroxylation is 2. The number of ether oxygens (including phenoxy) is 2. The van der Waals surface area contributed by atoms with Crippen molar-refractivity contribution in [2.45, 2.75) is 20.5 Å². The van der Waals surface area contributed by atoms with E-state index in [1.54, 1.807) is 24.3 Å². The fourth-order valence-corrected chi connectivity index (χ4v) is 3.02. The number of fused-ring (bicyclic) bond motifs is 1. The summed E-state index contributed by atoms with van der Waals surface area (Å²) in [4.78, 5) is 36.4. The Labute approximate surface area is 173 Å². The predicted molar refractivity (Wildman–Crippen MR) is 110 cm³/mol. The van der Waals surface area contributed by atoms with E-state index < -0.39 is 24.5 Å². The number of benzene rings is 2. The molecule has 3 amide bonds. The smallest absolute Gasteiger partial charge is 0.375 e. The van der Waals surface area contributed by atoms with Crippen molar-refractivity contribution in [3.8, 4) is 0 Å². The van der Waals surface area contributed by atoms with Gasteiger partial charge in [-0.05, 0) is 31.5 Å². The first-order chi connectivity index (χ1) is 14.4. The molecule has 0 fully saturated rings. The molecule has 0 aliphatic rings. The van der Waals surface area contributed by atoms with Gasteiger partial charge in [0.25, 0.3) is 5.91 Å². The van der Waals surface area contributed by atoms with Gasteiger partial charge in [-0.2, -0.15) is 0 Å². The first-order valence-corrected chi connectivity index (χ1v) is 9.23. The summed E-state index contributed by atoms with van der Waals surface area (Å²) in [5.41, 5.74) is 3.54. The number of urea groups is 1. The molecule has 0 aliphatic carbocycles. The molecule has 2 N–H and O–H groups in total. The van der Waals surface area contributed by atoms with Crippen LogP contribution >= 0.6 is 0 Å². The van der Waals surface area contributed by atoms with Crippen molar-refractivity contribution in [2.24, 2.45) is 0 Å². The molecule has 30 heavy (non-hydrogen) atoms. The van der Waals surface area contributed by atoms with Crippen molar-refractivity contribution in [1.29, 1.82) is 0 Å². The highest BCUT2D eigenvalue weighted by molar-refractivity contribution is 6.03. The summed E-state index contributed by atoms with van der Waals surface area (Å²) >= 11 is 0. The van der Waals surface area contributed by atoms with Gasteiger partial charge in [0.2, 0.25) is 5.76 Å².